The average molecular weight is 278 g/mol. The molecule has 1 heterocycles. The molecule has 3 aliphatic rings. The van der Waals surface area contributed by atoms with Crippen LogP contribution >= 0.6 is 0 Å². The van der Waals surface area contributed by atoms with Gasteiger partial charge in [0, 0.05) is 6.61 Å². The van der Waals surface area contributed by atoms with E-state index in [-0.39, 0.29) is 11.7 Å². The number of aliphatic hydroxyl groups is 1. The van der Waals surface area contributed by atoms with Gasteiger partial charge < -0.3 is 9.84 Å². The summed E-state index contributed by atoms with van der Waals surface area (Å²) < 4.78 is 6.15. The minimum Gasteiger partial charge on any atom is -0.393 e. The Labute approximate surface area is 123 Å². The van der Waals surface area contributed by atoms with Crippen LogP contribution < -0.4 is 0 Å². The molecule has 1 N–H and O–H groups in total. The molecule has 2 unspecified atom stereocenters. The van der Waals surface area contributed by atoms with Crippen molar-refractivity contribution in [1.29, 1.82) is 0 Å². The summed E-state index contributed by atoms with van der Waals surface area (Å²) in [5.74, 6) is 0.463. The van der Waals surface area contributed by atoms with Crippen molar-refractivity contribution in [2.24, 2.45) is 5.92 Å². The molecule has 2 fully saturated rings. The van der Waals surface area contributed by atoms with Gasteiger partial charge in [-0.1, -0.05) is 30.9 Å². The van der Waals surface area contributed by atoms with Gasteiger partial charge in [0.1, 0.15) is 0 Å². The molecule has 2 aliphatic carbocycles. The Morgan fingerprint density at radius 2 is 2.05 bits per heavy atom. The smallest absolute Gasteiger partial charge is 0.0686 e. The van der Waals surface area contributed by atoms with Gasteiger partial charge in [0.2, 0.25) is 0 Å². The zero-order chi connectivity index (χ0) is 13.8. The van der Waals surface area contributed by atoms with E-state index in [1.54, 1.807) is 0 Å². The quantitative estimate of drug-likeness (QED) is 0.777. The third-order valence-corrected chi connectivity index (χ3v) is 5.70. The van der Waals surface area contributed by atoms with Crippen molar-refractivity contribution >= 4 is 0 Å². The summed E-state index contributed by atoms with van der Waals surface area (Å²) in [7, 11) is 0. The summed E-state index contributed by atoms with van der Waals surface area (Å²) in [5.41, 5.74) is 1.64. The van der Waals surface area contributed by atoms with Crippen LogP contribution in [0.1, 0.15) is 77.0 Å². The Morgan fingerprint density at radius 1 is 1.20 bits per heavy atom. The molecule has 1 saturated heterocycles. The van der Waals surface area contributed by atoms with E-state index >= 15 is 0 Å². The topological polar surface area (TPSA) is 29.5 Å². The van der Waals surface area contributed by atoms with Crippen molar-refractivity contribution in [1.82, 2.24) is 0 Å². The molecule has 1 saturated carbocycles. The molecule has 20 heavy (non-hydrogen) atoms. The van der Waals surface area contributed by atoms with Crippen molar-refractivity contribution < 1.29 is 9.84 Å². The van der Waals surface area contributed by atoms with Gasteiger partial charge in [-0.3, -0.25) is 0 Å². The van der Waals surface area contributed by atoms with Crippen molar-refractivity contribution in [3.63, 3.8) is 0 Å². The molecule has 1 spiro atoms. The molecule has 2 atom stereocenters. The number of aliphatic hydroxyl groups excluding tert-OH is 1. The minimum absolute atomic E-state index is 0.128. The van der Waals surface area contributed by atoms with Crippen LogP contribution in [-0.4, -0.2) is 23.4 Å². The lowest BCUT2D eigenvalue weighted by Crippen LogP contribution is -2.44. The van der Waals surface area contributed by atoms with Crippen LogP contribution in [0.25, 0.3) is 0 Å². The highest BCUT2D eigenvalue weighted by Crippen LogP contribution is 2.42. The van der Waals surface area contributed by atoms with Crippen LogP contribution in [0.4, 0.5) is 0 Å². The average Bonchev–Trinajstić information content (AvgIpc) is 2.49. The molecule has 2 nitrogen and oxygen atoms in total. The minimum atomic E-state index is -0.137. The van der Waals surface area contributed by atoms with E-state index < -0.39 is 0 Å². The third kappa shape index (κ3) is 3.46. The lowest BCUT2D eigenvalue weighted by Gasteiger charge is -2.44. The molecular weight excluding hydrogens is 248 g/mol. The molecule has 0 amide bonds. The van der Waals surface area contributed by atoms with Crippen molar-refractivity contribution in [2.75, 3.05) is 6.61 Å². The third-order valence-electron chi connectivity index (χ3n) is 5.70. The first-order valence-corrected chi connectivity index (χ1v) is 8.77. The van der Waals surface area contributed by atoms with E-state index in [0.717, 1.165) is 25.9 Å². The van der Waals surface area contributed by atoms with Crippen LogP contribution in [0.3, 0.4) is 0 Å². The van der Waals surface area contributed by atoms with Crippen LogP contribution in [-0.2, 0) is 4.74 Å². The zero-order valence-corrected chi connectivity index (χ0v) is 12.8. The maximum atomic E-state index is 10.6. The SMILES string of the molecule is OC(CC1=CCCCC1)C1CCOC2(CCCCC2)C1. The first kappa shape index (κ1) is 14.6. The Hall–Kier alpha value is -0.340. The Morgan fingerprint density at radius 3 is 2.80 bits per heavy atom. The van der Waals surface area contributed by atoms with Gasteiger partial charge in [-0.25, -0.2) is 0 Å². The summed E-state index contributed by atoms with van der Waals surface area (Å²) >= 11 is 0. The van der Waals surface area contributed by atoms with E-state index in [9.17, 15) is 5.11 Å². The van der Waals surface area contributed by atoms with E-state index in [0.29, 0.717) is 5.92 Å². The van der Waals surface area contributed by atoms with E-state index in [2.05, 4.69) is 6.08 Å². The number of hydrogen-bond donors (Lipinski definition) is 1. The number of ether oxygens (including phenoxy) is 1. The van der Waals surface area contributed by atoms with Gasteiger partial charge in [0.15, 0.2) is 0 Å². The lowest BCUT2D eigenvalue weighted by atomic mass is 9.73. The highest BCUT2D eigenvalue weighted by molar-refractivity contribution is 5.07. The predicted octanol–water partition coefficient (Wildman–Crippen LogP) is 4.37. The molecule has 0 radical (unpaired) electrons. The Balaban J connectivity index is 1.56. The lowest BCUT2D eigenvalue weighted by molar-refractivity contribution is -0.133. The van der Waals surface area contributed by atoms with Gasteiger partial charge in [-0.2, -0.15) is 0 Å². The number of rotatable bonds is 3. The number of hydrogen-bond acceptors (Lipinski definition) is 2. The molecule has 1 aliphatic heterocycles. The summed E-state index contributed by atoms with van der Waals surface area (Å²) in [6.45, 7) is 0.862. The van der Waals surface area contributed by atoms with Crippen molar-refractivity contribution in [3.05, 3.63) is 11.6 Å². The van der Waals surface area contributed by atoms with Crippen LogP contribution in [0.2, 0.25) is 0 Å². The van der Waals surface area contributed by atoms with E-state index in [1.165, 1.54) is 63.4 Å². The maximum Gasteiger partial charge on any atom is 0.0686 e. The fourth-order valence-corrected chi connectivity index (χ4v) is 4.46. The van der Waals surface area contributed by atoms with Crippen LogP contribution in [0, 0.1) is 5.92 Å². The first-order chi connectivity index (χ1) is 9.77. The summed E-state index contributed by atoms with van der Waals surface area (Å²) in [5, 5.41) is 10.6. The van der Waals surface area contributed by atoms with Gasteiger partial charge in [-0.15, -0.1) is 0 Å². The second kappa shape index (κ2) is 6.62. The Bertz CT molecular complexity index is 336. The van der Waals surface area contributed by atoms with Gasteiger partial charge >= 0.3 is 0 Å². The molecule has 0 aromatic carbocycles. The summed E-state index contributed by atoms with van der Waals surface area (Å²) in [6, 6.07) is 0. The van der Waals surface area contributed by atoms with Crippen molar-refractivity contribution in [3.8, 4) is 0 Å². The summed E-state index contributed by atoms with van der Waals surface area (Å²) in [4.78, 5) is 0. The maximum absolute atomic E-state index is 10.6. The fraction of sp³-hybridized carbons (Fsp3) is 0.889. The second-order valence-corrected chi connectivity index (χ2v) is 7.22. The molecule has 114 valence electrons. The monoisotopic (exact) mass is 278 g/mol. The van der Waals surface area contributed by atoms with Gasteiger partial charge in [0.25, 0.3) is 0 Å². The van der Waals surface area contributed by atoms with Crippen LogP contribution in [0.15, 0.2) is 11.6 Å². The second-order valence-electron chi connectivity index (χ2n) is 7.22. The molecule has 0 bridgehead atoms. The molecule has 3 rings (SSSR count). The Kier molecular flexibility index (Phi) is 4.83. The van der Waals surface area contributed by atoms with Gasteiger partial charge in [-0.05, 0) is 63.7 Å². The molecule has 2 heteroatoms. The normalized spacial score (nSPS) is 31.9. The van der Waals surface area contributed by atoms with E-state index in [1.807, 2.05) is 0 Å². The standard InChI is InChI=1S/C18H30O2/c19-17(13-15-7-3-1-4-8-15)16-9-12-20-18(14-16)10-5-2-6-11-18/h7,16-17,19H,1-6,8-14H2. The molecule has 0 aromatic rings. The highest BCUT2D eigenvalue weighted by atomic mass is 16.5. The van der Waals surface area contributed by atoms with Crippen LogP contribution in [0.5, 0.6) is 0 Å². The predicted molar refractivity (Wildman–Crippen MR) is 81.7 cm³/mol. The first-order valence-electron chi connectivity index (χ1n) is 8.77. The fourth-order valence-electron chi connectivity index (χ4n) is 4.46. The zero-order valence-electron chi connectivity index (χ0n) is 12.8. The van der Waals surface area contributed by atoms with E-state index in [4.69, 9.17) is 4.74 Å². The van der Waals surface area contributed by atoms with Crippen molar-refractivity contribution in [2.45, 2.75) is 88.8 Å². The largest absolute Gasteiger partial charge is 0.393 e. The highest BCUT2D eigenvalue weighted by Gasteiger charge is 2.40. The van der Waals surface area contributed by atoms with Gasteiger partial charge in [0.05, 0.1) is 11.7 Å². The molecule has 0 aromatic heterocycles. The molecular formula is C18H30O2. The number of allylic oxidation sites excluding steroid dienone is 1. The summed E-state index contributed by atoms with van der Waals surface area (Å²) in [6.07, 6.45) is 16.8.